The summed E-state index contributed by atoms with van der Waals surface area (Å²) < 4.78 is 7.78. The third-order valence-electron chi connectivity index (χ3n) is 4.65. The van der Waals surface area contributed by atoms with Crippen molar-refractivity contribution in [3.63, 3.8) is 0 Å². The van der Waals surface area contributed by atoms with Gasteiger partial charge in [0.05, 0.1) is 24.2 Å². The van der Waals surface area contributed by atoms with Gasteiger partial charge in [-0.3, -0.25) is 4.79 Å². The Bertz CT molecular complexity index is 949. The quantitative estimate of drug-likeness (QED) is 0.653. The van der Waals surface area contributed by atoms with E-state index in [1.54, 1.807) is 18.0 Å². The molecule has 142 valence electrons. The molecular weight excluding hydrogens is 340 g/mol. The Balaban J connectivity index is 1.76. The van der Waals surface area contributed by atoms with Gasteiger partial charge in [0, 0.05) is 19.7 Å². The van der Waals surface area contributed by atoms with Crippen LogP contribution in [-0.2, 0) is 13.6 Å². The molecule has 6 heteroatoms. The molecule has 2 aromatic carbocycles. The van der Waals surface area contributed by atoms with Crippen LogP contribution < -0.4 is 10.5 Å². The Morgan fingerprint density at radius 2 is 2.04 bits per heavy atom. The van der Waals surface area contributed by atoms with Crippen LogP contribution in [-0.4, -0.2) is 40.6 Å². The van der Waals surface area contributed by atoms with E-state index in [4.69, 9.17) is 10.5 Å². The van der Waals surface area contributed by atoms with Crippen molar-refractivity contribution in [2.75, 3.05) is 20.2 Å². The molecule has 3 aromatic rings. The summed E-state index contributed by atoms with van der Waals surface area (Å²) in [5.41, 5.74) is 9.10. The van der Waals surface area contributed by atoms with Crippen molar-refractivity contribution in [3.05, 3.63) is 59.4 Å². The van der Waals surface area contributed by atoms with Gasteiger partial charge in [-0.25, -0.2) is 4.98 Å². The highest BCUT2D eigenvalue weighted by Crippen LogP contribution is 2.21. The van der Waals surface area contributed by atoms with Gasteiger partial charge in [0.15, 0.2) is 0 Å². The second kappa shape index (κ2) is 8.22. The summed E-state index contributed by atoms with van der Waals surface area (Å²) in [6.45, 7) is 3.53. The highest BCUT2D eigenvalue weighted by molar-refractivity contribution is 5.94. The molecule has 0 radical (unpaired) electrons. The average molecular weight is 366 g/mol. The van der Waals surface area contributed by atoms with Crippen LogP contribution in [0, 0.1) is 6.92 Å². The first-order valence-electron chi connectivity index (χ1n) is 9.10. The Labute approximate surface area is 159 Å². The summed E-state index contributed by atoms with van der Waals surface area (Å²) in [6.07, 6.45) is 0.782. The molecule has 0 aliphatic carbocycles. The Morgan fingerprint density at radius 3 is 2.78 bits per heavy atom. The van der Waals surface area contributed by atoms with E-state index in [0.29, 0.717) is 25.3 Å². The van der Waals surface area contributed by atoms with Gasteiger partial charge in [0.1, 0.15) is 11.6 Å². The maximum atomic E-state index is 12.9. The van der Waals surface area contributed by atoms with E-state index in [0.717, 1.165) is 34.6 Å². The van der Waals surface area contributed by atoms with Crippen LogP contribution in [0.1, 0.15) is 28.2 Å². The van der Waals surface area contributed by atoms with Crippen molar-refractivity contribution in [2.24, 2.45) is 12.8 Å². The van der Waals surface area contributed by atoms with E-state index in [1.807, 2.05) is 54.9 Å². The summed E-state index contributed by atoms with van der Waals surface area (Å²) in [7, 11) is 3.76. The molecule has 0 spiro atoms. The number of para-hydroxylation sites is 2. The van der Waals surface area contributed by atoms with Crippen molar-refractivity contribution < 1.29 is 9.53 Å². The van der Waals surface area contributed by atoms with Gasteiger partial charge in [0.25, 0.3) is 5.91 Å². The van der Waals surface area contributed by atoms with Gasteiger partial charge in [-0.05, 0) is 49.7 Å². The zero-order chi connectivity index (χ0) is 19.4. The topological polar surface area (TPSA) is 73.4 Å². The molecule has 27 heavy (non-hydrogen) atoms. The predicted octanol–water partition coefficient (Wildman–Crippen LogP) is 2.88. The summed E-state index contributed by atoms with van der Waals surface area (Å²) in [5, 5.41) is 0. The minimum atomic E-state index is -0.0641. The van der Waals surface area contributed by atoms with Crippen LogP contribution in [0.3, 0.4) is 0 Å². The van der Waals surface area contributed by atoms with Crippen molar-refractivity contribution in [1.82, 2.24) is 14.5 Å². The molecule has 0 aliphatic rings. The molecular formula is C21H26N4O2. The number of carbonyl (C=O) groups is 1. The van der Waals surface area contributed by atoms with Crippen LogP contribution in [0.5, 0.6) is 5.75 Å². The molecule has 0 atom stereocenters. The number of aromatic nitrogens is 2. The molecule has 0 fully saturated rings. The van der Waals surface area contributed by atoms with Gasteiger partial charge in [0.2, 0.25) is 0 Å². The van der Waals surface area contributed by atoms with Crippen LogP contribution >= 0.6 is 0 Å². The molecule has 1 amide bonds. The van der Waals surface area contributed by atoms with Gasteiger partial charge in [-0.2, -0.15) is 0 Å². The lowest BCUT2D eigenvalue weighted by Crippen LogP contribution is -2.27. The van der Waals surface area contributed by atoms with Gasteiger partial charge in [-0.15, -0.1) is 0 Å². The maximum absolute atomic E-state index is 12.9. The van der Waals surface area contributed by atoms with Crippen molar-refractivity contribution in [3.8, 4) is 5.75 Å². The minimum Gasteiger partial charge on any atom is -0.493 e. The summed E-state index contributed by atoms with van der Waals surface area (Å²) >= 11 is 0. The highest BCUT2D eigenvalue weighted by Gasteiger charge is 2.17. The Kier molecular flexibility index (Phi) is 5.76. The van der Waals surface area contributed by atoms with E-state index in [2.05, 4.69) is 4.98 Å². The SMILES string of the molecule is Cc1ccc(C(=O)N(C)Cc2nc3ccccc3n2C)cc1OCCCN. The third-order valence-corrected chi connectivity index (χ3v) is 4.65. The fourth-order valence-electron chi connectivity index (χ4n) is 3.00. The lowest BCUT2D eigenvalue weighted by molar-refractivity contribution is 0.0780. The molecule has 1 heterocycles. The number of ether oxygens (including phenoxy) is 1. The standard InChI is InChI=1S/C21H26N4O2/c1-15-9-10-16(13-19(15)27-12-6-11-22)21(26)24(2)14-20-23-17-7-4-5-8-18(17)25(20)3/h4-5,7-10,13H,6,11-12,14,22H2,1-3H3. The van der Waals surface area contributed by atoms with E-state index < -0.39 is 0 Å². The first kappa shape index (κ1) is 18.9. The summed E-state index contributed by atoms with van der Waals surface area (Å²) in [6, 6.07) is 13.5. The monoisotopic (exact) mass is 366 g/mol. The lowest BCUT2D eigenvalue weighted by Gasteiger charge is -2.18. The van der Waals surface area contributed by atoms with Gasteiger partial charge >= 0.3 is 0 Å². The zero-order valence-electron chi connectivity index (χ0n) is 16.1. The third kappa shape index (κ3) is 4.11. The highest BCUT2D eigenvalue weighted by atomic mass is 16.5. The second-order valence-electron chi connectivity index (χ2n) is 6.71. The number of amides is 1. The van der Waals surface area contributed by atoms with Crippen LogP contribution in [0.4, 0.5) is 0 Å². The van der Waals surface area contributed by atoms with Crippen LogP contribution in [0.25, 0.3) is 11.0 Å². The smallest absolute Gasteiger partial charge is 0.254 e. The van der Waals surface area contributed by atoms with Crippen LogP contribution in [0.15, 0.2) is 42.5 Å². The van der Waals surface area contributed by atoms with E-state index in [9.17, 15) is 4.79 Å². The average Bonchev–Trinajstić information content (AvgIpc) is 2.98. The fourth-order valence-corrected chi connectivity index (χ4v) is 3.00. The molecule has 0 saturated carbocycles. The normalized spacial score (nSPS) is 11.0. The summed E-state index contributed by atoms with van der Waals surface area (Å²) in [4.78, 5) is 19.2. The first-order valence-corrected chi connectivity index (χ1v) is 9.10. The van der Waals surface area contributed by atoms with Gasteiger partial charge < -0.3 is 19.9 Å². The number of rotatable bonds is 7. The summed E-state index contributed by atoms with van der Waals surface area (Å²) in [5.74, 6) is 1.51. The molecule has 1 aromatic heterocycles. The molecule has 0 bridgehead atoms. The minimum absolute atomic E-state index is 0.0641. The van der Waals surface area contributed by atoms with Crippen molar-refractivity contribution in [1.29, 1.82) is 0 Å². The number of hydrogen-bond acceptors (Lipinski definition) is 4. The zero-order valence-corrected chi connectivity index (χ0v) is 16.1. The number of imidazole rings is 1. The Hall–Kier alpha value is -2.86. The molecule has 0 unspecified atom stereocenters. The molecule has 0 aliphatic heterocycles. The number of fused-ring (bicyclic) bond motifs is 1. The van der Waals surface area contributed by atoms with Crippen LogP contribution in [0.2, 0.25) is 0 Å². The number of benzene rings is 2. The lowest BCUT2D eigenvalue weighted by atomic mass is 10.1. The van der Waals surface area contributed by atoms with Crippen molar-refractivity contribution in [2.45, 2.75) is 19.9 Å². The fraction of sp³-hybridized carbons (Fsp3) is 0.333. The van der Waals surface area contributed by atoms with E-state index in [-0.39, 0.29) is 5.91 Å². The Morgan fingerprint density at radius 1 is 1.26 bits per heavy atom. The van der Waals surface area contributed by atoms with Crippen molar-refractivity contribution >= 4 is 16.9 Å². The molecule has 6 nitrogen and oxygen atoms in total. The largest absolute Gasteiger partial charge is 0.493 e. The number of carbonyl (C=O) groups excluding carboxylic acids is 1. The van der Waals surface area contributed by atoms with E-state index in [1.165, 1.54) is 0 Å². The number of nitrogens with two attached hydrogens (primary N) is 1. The molecule has 0 saturated heterocycles. The predicted molar refractivity (Wildman–Crippen MR) is 107 cm³/mol. The second-order valence-corrected chi connectivity index (χ2v) is 6.71. The number of aryl methyl sites for hydroxylation is 2. The number of nitrogens with zero attached hydrogens (tertiary/aromatic N) is 3. The maximum Gasteiger partial charge on any atom is 0.254 e. The molecule has 2 N–H and O–H groups in total. The van der Waals surface area contributed by atoms with E-state index >= 15 is 0 Å². The van der Waals surface area contributed by atoms with Gasteiger partial charge in [-0.1, -0.05) is 18.2 Å². The molecule has 3 rings (SSSR count). The number of hydrogen-bond donors (Lipinski definition) is 1. The first-order chi connectivity index (χ1) is 13.0.